The number of carbonyl (C=O) groups is 2. The Morgan fingerprint density at radius 1 is 1.05 bits per heavy atom. The van der Waals surface area contributed by atoms with Gasteiger partial charge >= 0.3 is 0 Å². The predicted molar refractivity (Wildman–Crippen MR) is 81.1 cm³/mol. The predicted octanol–water partition coefficient (Wildman–Crippen LogP) is 0.535. The van der Waals surface area contributed by atoms with Crippen LogP contribution in [-0.2, 0) is 9.59 Å². The van der Waals surface area contributed by atoms with Gasteiger partial charge in [0.15, 0.2) is 0 Å². The molecule has 0 radical (unpaired) electrons. The lowest BCUT2D eigenvalue weighted by Crippen LogP contribution is -2.47. The van der Waals surface area contributed by atoms with Crippen molar-refractivity contribution in [1.29, 1.82) is 0 Å². The maximum Gasteiger partial charge on any atom is 0.244 e. The van der Waals surface area contributed by atoms with Crippen molar-refractivity contribution >= 4 is 23.2 Å². The molecule has 1 fully saturated rings. The maximum absolute atomic E-state index is 12.1. The zero-order valence-electron chi connectivity index (χ0n) is 11.8. The molecule has 1 saturated carbocycles. The lowest BCUT2D eigenvalue weighted by Gasteiger charge is -2.27. The van der Waals surface area contributed by atoms with Crippen molar-refractivity contribution in [3.8, 4) is 0 Å². The molecule has 1 heterocycles. The zero-order chi connectivity index (χ0) is 14.7. The number of carbonyl (C=O) groups excluding carboxylic acids is 2. The zero-order valence-corrected chi connectivity index (χ0v) is 11.8. The van der Waals surface area contributed by atoms with E-state index in [9.17, 15) is 9.59 Å². The van der Waals surface area contributed by atoms with Crippen molar-refractivity contribution < 1.29 is 9.59 Å². The van der Waals surface area contributed by atoms with Crippen molar-refractivity contribution in [3.05, 3.63) is 24.3 Å². The van der Waals surface area contributed by atoms with E-state index in [1.54, 1.807) is 0 Å². The quantitative estimate of drug-likeness (QED) is 0.596. The Morgan fingerprint density at radius 3 is 2.43 bits per heavy atom. The van der Waals surface area contributed by atoms with Crippen LogP contribution in [0.25, 0.3) is 0 Å². The highest BCUT2D eigenvalue weighted by Crippen LogP contribution is 2.28. The molecule has 1 atom stereocenters. The molecule has 21 heavy (non-hydrogen) atoms. The van der Waals surface area contributed by atoms with E-state index < -0.39 is 0 Å². The molecule has 4 N–H and O–H groups in total. The Bertz CT molecular complexity index is 542. The number of fused-ring (bicyclic) bond motifs is 1. The molecule has 0 bridgehead atoms. The van der Waals surface area contributed by atoms with E-state index >= 15 is 0 Å². The lowest BCUT2D eigenvalue weighted by atomic mass is 10.1. The fourth-order valence-electron chi connectivity index (χ4n) is 2.36. The average Bonchev–Trinajstić information content (AvgIpc) is 3.35. The fraction of sp³-hybridized carbons (Fsp3) is 0.467. The van der Waals surface area contributed by atoms with Gasteiger partial charge in [-0.2, -0.15) is 0 Å². The van der Waals surface area contributed by atoms with Gasteiger partial charge in [-0.1, -0.05) is 12.1 Å². The topological polar surface area (TPSA) is 82.3 Å². The molecule has 1 aliphatic heterocycles. The summed E-state index contributed by atoms with van der Waals surface area (Å²) in [5.74, 6) is 0.259. The number of hydrogen-bond donors (Lipinski definition) is 4. The molecular formula is C15H20N4O2. The van der Waals surface area contributed by atoms with Gasteiger partial charge in [0.1, 0.15) is 6.04 Å². The van der Waals surface area contributed by atoms with Gasteiger partial charge in [0.05, 0.1) is 11.4 Å². The average molecular weight is 288 g/mol. The summed E-state index contributed by atoms with van der Waals surface area (Å²) in [6.07, 6.45) is 1.99. The van der Waals surface area contributed by atoms with Crippen molar-refractivity contribution in [2.24, 2.45) is 5.92 Å². The largest absolute Gasteiger partial charge is 0.381 e. The number of anilines is 2. The van der Waals surface area contributed by atoms with Crippen LogP contribution in [0.1, 0.15) is 12.8 Å². The van der Waals surface area contributed by atoms with Gasteiger partial charge in [-0.3, -0.25) is 9.59 Å². The van der Waals surface area contributed by atoms with Crippen molar-refractivity contribution in [2.45, 2.75) is 18.9 Å². The Morgan fingerprint density at radius 2 is 1.71 bits per heavy atom. The van der Waals surface area contributed by atoms with E-state index in [4.69, 9.17) is 0 Å². The van der Waals surface area contributed by atoms with Crippen LogP contribution < -0.4 is 21.3 Å². The van der Waals surface area contributed by atoms with Gasteiger partial charge in [-0.15, -0.1) is 0 Å². The van der Waals surface area contributed by atoms with Gasteiger partial charge in [-0.05, 0) is 25.0 Å². The molecule has 6 nitrogen and oxygen atoms in total. The van der Waals surface area contributed by atoms with E-state index in [0.29, 0.717) is 19.6 Å². The third-order valence-corrected chi connectivity index (χ3v) is 3.74. The minimum atomic E-state index is -0.293. The highest BCUT2D eigenvalue weighted by Gasteiger charge is 2.29. The summed E-state index contributed by atoms with van der Waals surface area (Å²) in [6, 6.07) is 7.51. The van der Waals surface area contributed by atoms with E-state index in [0.717, 1.165) is 24.2 Å². The Labute approximate surface area is 123 Å². The monoisotopic (exact) mass is 288 g/mol. The third-order valence-electron chi connectivity index (χ3n) is 3.74. The minimum Gasteiger partial charge on any atom is -0.381 e. The van der Waals surface area contributed by atoms with Gasteiger partial charge < -0.3 is 21.3 Å². The van der Waals surface area contributed by atoms with Gasteiger partial charge in [0.2, 0.25) is 11.8 Å². The van der Waals surface area contributed by atoms with E-state index in [-0.39, 0.29) is 23.8 Å². The van der Waals surface area contributed by atoms with E-state index in [2.05, 4.69) is 21.3 Å². The fourth-order valence-corrected chi connectivity index (χ4v) is 2.36. The van der Waals surface area contributed by atoms with Crippen LogP contribution in [0.15, 0.2) is 24.3 Å². The first-order chi connectivity index (χ1) is 10.2. The van der Waals surface area contributed by atoms with E-state index in [1.807, 2.05) is 24.3 Å². The summed E-state index contributed by atoms with van der Waals surface area (Å²) in [7, 11) is 0. The number of amides is 2. The van der Waals surface area contributed by atoms with Gasteiger partial charge in [0.25, 0.3) is 0 Å². The molecule has 2 amide bonds. The van der Waals surface area contributed by atoms with Crippen molar-refractivity contribution in [1.82, 2.24) is 10.6 Å². The molecule has 0 saturated heterocycles. The Hall–Kier alpha value is -2.24. The molecule has 1 aromatic carbocycles. The molecule has 0 aromatic heterocycles. The maximum atomic E-state index is 12.1. The smallest absolute Gasteiger partial charge is 0.244 e. The molecule has 1 aromatic rings. The number of para-hydroxylation sites is 2. The van der Waals surface area contributed by atoms with Crippen LogP contribution in [0.3, 0.4) is 0 Å². The second-order valence-corrected chi connectivity index (χ2v) is 5.48. The Kier molecular flexibility index (Phi) is 3.94. The summed E-state index contributed by atoms with van der Waals surface area (Å²) in [4.78, 5) is 23.5. The normalized spacial score (nSPS) is 19.7. The van der Waals surface area contributed by atoms with Crippen molar-refractivity contribution in [2.75, 3.05) is 30.3 Å². The van der Waals surface area contributed by atoms with Crippen LogP contribution in [0.2, 0.25) is 0 Å². The molecule has 6 heteroatoms. The molecule has 1 aliphatic carbocycles. The van der Waals surface area contributed by atoms with Crippen molar-refractivity contribution in [3.63, 3.8) is 0 Å². The number of benzene rings is 1. The minimum absolute atomic E-state index is 0.0577. The standard InChI is InChI=1S/C15H20N4O2/c20-14(10-5-6-10)16-7-8-17-15(21)13-9-18-11-3-1-2-4-12(11)19-13/h1-4,10,13,18-19H,5-9H2,(H,16,20)(H,17,21). The number of rotatable bonds is 5. The van der Waals surface area contributed by atoms with E-state index in [1.165, 1.54) is 0 Å². The van der Waals surface area contributed by atoms with Crippen LogP contribution in [0.4, 0.5) is 11.4 Å². The summed E-state index contributed by atoms with van der Waals surface area (Å²) >= 11 is 0. The molecule has 1 unspecified atom stereocenters. The molecule has 2 aliphatic rings. The summed E-state index contributed by atoms with van der Waals surface area (Å²) in [5.41, 5.74) is 1.95. The SMILES string of the molecule is O=C(NCCNC(=O)C1CNc2ccccc2N1)C1CC1. The van der Waals surface area contributed by atoms with Crippen LogP contribution in [-0.4, -0.2) is 37.5 Å². The first-order valence-corrected chi connectivity index (χ1v) is 7.39. The molecule has 112 valence electrons. The second kappa shape index (κ2) is 6.03. The van der Waals surface area contributed by atoms with Gasteiger partial charge in [0, 0.05) is 25.6 Å². The van der Waals surface area contributed by atoms with Crippen LogP contribution in [0, 0.1) is 5.92 Å². The molecular weight excluding hydrogens is 268 g/mol. The lowest BCUT2D eigenvalue weighted by molar-refractivity contribution is -0.123. The molecule has 3 rings (SSSR count). The number of hydrogen-bond acceptors (Lipinski definition) is 4. The first kappa shape index (κ1) is 13.7. The number of nitrogens with one attached hydrogen (secondary N) is 4. The van der Waals surface area contributed by atoms with Crippen LogP contribution >= 0.6 is 0 Å². The Balaban J connectivity index is 1.40. The second-order valence-electron chi connectivity index (χ2n) is 5.48. The molecule has 0 spiro atoms. The summed E-state index contributed by atoms with van der Waals surface area (Å²) in [5, 5.41) is 12.1. The van der Waals surface area contributed by atoms with Gasteiger partial charge in [-0.25, -0.2) is 0 Å². The van der Waals surface area contributed by atoms with Crippen LogP contribution in [0.5, 0.6) is 0 Å². The summed E-state index contributed by atoms with van der Waals surface area (Å²) in [6.45, 7) is 1.49. The third kappa shape index (κ3) is 3.45. The highest BCUT2D eigenvalue weighted by molar-refractivity contribution is 5.88. The summed E-state index contributed by atoms with van der Waals surface area (Å²) < 4.78 is 0. The highest BCUT2D eigenvalue weighted by atomic mass is 16.2. The first-order valence-electron chi connectivity index (χ1n) is 7.39.